The molecule has 5 rings (SSSR count). The third-order valence-electron chi connectivity index (χ3n) is 11.2. The number of carbonyl (C=O) groups excluding carboxylic acids is 3. The third-order valence-corrected chi connectivity index (χ3v) is 11.5. The number of methoxy groups -OCH3 is 5. The minimum Gasteiger partial charge on any atom is -1.00 e. The molecule has 3 aliphatic heterocycles. The van der Waals surface area contributed by atoms with Gasteiger partial charge in [-0.15, -0.1) is 11.6 Å². The summed E-state index contributed by atoms with van der Waals surface area (Å²) < 4.78 is 50.0. The van der Waals surface area contributed by atoms with E-state index in [0.717, 1.165) is 0 Å². The van der Waals surface area contributed by atoms with E-state index in [4.69, 9.17) is 49.5 Å². The maximum atomic E-state index is 12.2. The fourth-order valence-corrected chi connectivity index (χ4v) is 7.54. The number of nitrogens with one attached hydrogen (secondary N) is 3. The Morgan fingerprint density at radius 3 is 1.22 bits per heavy atom. The summed E-state index contributed by atoms with van der Waals surface area (Å²) in [5, 5.41) is 48.5. The fourth-order valence-electron chi connectivity index (χ4n) is 7.46. The molecule has 15 atom stereocenters. The first-order chi connectivity index (χ1) is 30.0. The molecule has 0 saturated carbocycles. The van der Waals surface area contributed by atoms with Crippen LogP contribution in [0, 0.1) is 17.8 Å². The Hall–Kier alpha value is -2.78. The van der Waals surface area contributed by atoms with E-state index >= 15 is 0 Å². The molecule has 5 heterocycles. The van der Waals surface area contributed by atoms with Gasteiger partial charge in [0.15, 0.2) is 32.0 Å². The smallest absolute Gasteiger partial charge is 0.262 e. The lowest BCUT2D eigenvalue weighted by atomic mass is 9.89. The van der Waals surface area contributed by atoms with Gasteiger partial charge >= 0.3 is 0 Å². The number of aliphatic hydroxyl groups excluding tert-OH is 4. The molecule has 0 aromatic carbocycles. The molecular formula is C40H70Cl3N7O15. The predicted molar refractivity (Wildman–Crippen MR) is 221 cm³/mol. The van der Waals surface area contributed by atoms with E-state index in [2.05, 4.69) is 16.0 Å². The number of rotatable bonds is 16. The third kappa shape index (κ3) is 17.4. The van der Waals surface area contributed by atoms with Crippen molar-refractivity contribution in [2.45, 2.75) is 107 Å². The first-order valence-corrected chi connectivity index (χ1v) is 21.1. The number of hydrogen-bond acceptors (Lipinski definition) is 15. The Kier molecular flexibility index (Phi) is 27.7. The van der Waals surface area contributed by atoms with Gasteiger partial charge in [-0.3, -0.25) is 14.4 Å². The van der Waals surface area contributed by atoms with Crippen LogP contribution in [0.4, 0.5) is 0 Å². The number of aromatic nitrogens is 4. The van der Waals surface area contributed by atoms with Crippen molar-refractivity contribution in [1.82, 2.24) is 25.1 Å². The van der Waals surface area contributed by atoms with Crippen LogP contribution in [0.1, 0.15) is 20.8 Å². The molecule has 3 amide bonds. The fraction of sp³-hybridized carbons (Fsp3) is 0.775. The molecule has 2 aromatic heterocycles. The van der Waals surface area contributed by atoms with Gasteiger partial charge in [0.25, 0.3) is 11.8 Å². The Morgan fingerprint density at radius 2 is 0.938 bits per heavy atom. The van der Waals surface area contributed by atoms with Crippen LogP contribution in [0.2, 0.25) is 0 Å². The largest absolute Gasteiger partial charge is 1.00 e. The molecule has 65 heavy (non-hydrogen) atoms. The lowest BCUT2D eigenvalue weighted by Crippen LogP contribution is -3.00. The minimum atomic E-state index is -0.861. The van der Waals surface area contributed by atoms with Gasteiger partial charge in [0, 0.05) is 53.3 Å². The van der Waals surface area contributed by atoms with E-state index in [9.17, 15) is 34.8 Å². The lowest BCUT2D eigenvalue weighted by Gasteiger charge is -2.43. The minimum absolute atomic E-state index is 0. The summed E-state index contributed by atoms with van der Waals surface area (Å²) in [6.45, 7) is 6.27. The Bertz CT molecular complexity index is 1680. The second-order valence-corrected chi connectivity index (χ2v) is 16.2. The summed E-state index contributed by atoms with van der Waals surface area (Å²) in [7, 11) is 11.3. The SMILES string of the molecule is COC1OC(CO)C(C)C(O)C1NC(=O)Cn1cc[n+](C)c1.COCC1OC(OC)C(NC(=O)CCl)C(O)C1C.COCC1OC(OC)C(NC(=O)Cn2cc[n+](C)c2)C(O)C1C.[Cl-].[Cl-]. The van der Waals surface area contributed by atoms with Crippen molar-refractivity contribution in [2.24, 2.45) is 31.8 Å². The van der Waals surface area contributed by atoms with Crippen LogP contribution in [0.25, 0.3) is 0 Å². The van der Waals surface area contributed by atoms with Gasteiger partial charge in [0.05, 0.1) is 70.5 Å². The normalized spacial score (nSPS) is 31.9. The zero-order chi connectivity index (χ0) is 47.0. The summed E-state index contributed by atoms with van der Waals surface area (Å²) in [5.41, 5.74) is 0. The summed E-state index contributed by atoms with van der Waals surface area (Å²) in [4.78, 5) is 35.7. The van der Waals surface area contributed by atoms with Crippen molar-refractivity contribution in [3.8, 4) is 0 Å². The molecule has 376 valence electrons. The number of carbonyl (C=O) groups is 3. The predicted octanol–water partition coefficient (Wildman–Crippen LogP) is -9.30. The Morgan fingerprint density at radius 1 is 0.615 bits per heavy atom. The van der Waals surface area contributed by atoms with E-state index in [0.29, 0.717) is 13.2 Å². The van der Waals surface area contributed by atoms with Crippen LogP contribution in [-0.4, -0.2) is 182 Å². The van der Waals surface area contributed by atoms with E-state index in [1.54, 1.807) is 55.3 Å². The number of aliphatic hydroxyl groups is 4. The van der Waals surface area contributed by atoms with Crippen LogP contribution >= 0.6 is 11.6 Å². The summed E-state index contributed by atoms with van der Waals surface area (Å²) in [6, 6.07) is -1.94. The zero-order valence-corrected chi connectivity index (χ0v) is 40.8. The van der Waals surface area contributed by atoms with Crippen molar-refractivity contribution in [2.75, 3.05) is 61.2 Å². The number of hydrogen-bond donors (Lipinski definition) is 7. The van der Waals surface area contributed by atoms with Crippen LogP contribution < -0.4 is 49.9 Å². The molecule has 15 unspecified atom stereocenters. The number of imidazole rings is 2. The molecule has 0 radical (unpaired) electrons. The van der Waals surface area contributed by atoms with Crippen LogP contribution in [0.3, 0.4) is 0 Å². The highest BCUT2D eigenvalue weighted by Crippen LogP contribution is 2.29. The highest BCUT2D eigenvalue weighted by molar-refractivity contribution is 6.27. The topological polar surface area (TPSA) is 260 Å². The molecule has 3 saturated heterocycles. The number of aryl methyl sites for hydroxylation is 2. The molecule has 2 aromatic rings. The number of nitrogens with zero attached hydrogens (tertiary/aromatic N) is 4. The van der Waals surface area contributed by atoms with Gasteiger partial charge in [0.2, 0.25) is 18.6 Å². The standard InChI is InChI=1S/C15H25N3O5.C14H23N3O5.C11H20ClNO5.2ClH/c1-10-11(8-21-3)23-15(22-4)13(14(10)20)16-12(19)7-18-6-5-17(2)9-18;1-9-10(7-18)22-14(21-3)12(13(9)20)15-11(19)6-17-5-4-16(2)8-17;1-6-7(5-16-2)18-11(17-3)9(10(6)15)13-8(14)4-12;;/h5-6,9-11,13-15,20H,7-8H2,1-4H3;4-5,8-10,12-14,18,20H,6-7H2,1-3H3;6-7,9-11,15H,4-5H2,1-3H3,(H,13,14);2*1H. The molecule has 0 bridgehead atoms. The van der Waals surface area contributed by atoms with Gasteiger partial charge < -0.3 is 99.1 Å². The molecule has 22 nitrogen and oxygen atoms in total. The molecule has 0 aliphatic carbocycles. The summed E-state index contributed by atoms with van der Waals surface area (Å²) in [5.74, 6) is -1.69. The zero-order valence-electron chi connectivity index (χ0n) is 38.6. The highest BCUT2D eigenvalue weighted by atomic mass is 35.5. The number of ether oxygens (including phenoxy) is 8. The van der Waals surface area contributed by atoms with Crippen molar-refractivity contribution in [3.05, 3.63) is 37.4 Å². The molecular weight excluding hydrogens is 925 g/mol. The highest BCUT2D eigenvalue weighted by Gasteiger charge is 2.46. The van der Waals surface area contributed by atoms with Gasteiger partial charge in [0.1, 0.15) is 48.8 Å². The van der Waals surface area contributed by atoms with E-state index < -0.39 is 61.4 Å². The van der Waals surface area contributed by atoms with Gasteiger partial charge in [-0.1, -0.05) is 20.8 Å². The lowest BCUT2D eigenvalue weighted by molar-refractivity contribution is -0.671. The molecule has 3 aliphatic rings. The van der Waals surface area contributed by atoms with Crippen LogP contribution in [0.5, 0.6) is 0 Å². The van der Waals surface area contributed by atoms with Crippen molar-refractivity contribution in [3.63, 3.8) is 0 Å². The number of alkyl halides is 1. The number of amides is 3. The summed E-state index contributed by atoms with van der Waals surface area (Å²) >= 11 is 5.43. The molecule has 7 N–H and O–H groups in total. The maximum Gasteiger partial charge on any atom is 0.262 e. The van der Waals surface area contributed by atoms with E-state index in [-0.39, 0.29) is 98.1 Å². The van der Waals surface area contributed by atoms with E-state index in [1.807, 2.05) is 49.5 Å². The second-order valence-electron chi connectivity index (χ2n) is 15.9. The molecule has 0 spiro atoms. The van der Waals surface area contributed by atoms with Gasteiger partial charge in [-0.25, -0.2) is 18.3 Å². The van der Waals surface area contributed by atoms with Crippen molar-refractivity contribution >= 4 is 29.3 Å². The van der Waals surface area contributed by atoms with Crippen molar-refractivity contribution in [1.29, 1.82) is 0 Å². The van der Waals surface area contributed by atoms with Crippen molar-refractivity contribution < 1.29 is 107 Å². The maximum absolute atomic E-state index is 12.2. The van der Waals surface area contributed by atoms with E-state index in [1.165, 1.54) is 21.3 Å². The monoisotopic (exact) mass is 993 g/mol. The average molecular weight is 995 g/mol. The Balaban J connectivity index is 0.000000484. The number of halogens is 3. The van der Waals surface area contributed by atoms with Gasteiger partial charge in [-0.05, 0) is 0 Å². The quantitative estimate of drug-likeness (QED) is 0.0609. The van der Waals surface area contributed by atoms with Gasteiger partial charge in [-0.2, -0.15) is 0 Å². The van der Waals surface area contributed by atoms with Crippen LogP contribution in [-0.2, 0) is 79.5 Å². The average Bonchev–Trinajstić information content (AvgIpc) is 3.88. The Labute approximate surface area is 397 Å². The summed E-state index contributed by atoms with van der Waals surface area (Å²) in [6.07, 6.45) is 5.12. The van der Waals surface area contributed by atoms with Crippen LogP contribution in [0.15, 0.2) is 37.4 Å². The molecule has 3 fully saturated rings. The molecule has 25 heteroatoms. The first-order valence-electron chi connectivity index (χ1n) is 20.6. The first kappa shape index (κ1) is 60.2. The second kappa shape index (κ2) is 29.9.